The van der Waals surface area contributed by atoms with Crippen molar-refractivity contribution in [3.63, 3.8) is 0 Å². The molecule has 3 nitrogen and oxygen atoms in total. The number of hydrogen-bond acceptors (Lipinski definition) is 3. The molecule has 0 fully saturated rings. The SMILES string of the molecule is Cc1sc(C(=O)O)cc1CNc1cccc(I)c1. The summed E-state index contributed by atoms with van der Waals surface area (Å²) in [5.74, 6) is -0.858. The van der Waals surface area contributed by atoms with Gasteiger partial charge >= 0.3 is 5.97 Å². The standard InChI is InChI=1S/C13H12INO2S/c1-8-9(5-12(18-8)13(16)17)7-15-11-4-2-3-10(14)6-11/h2-6,15H,7H2,1H3,(H,16,17). The van der Waals surface area contributed by atoms with E-state index in [1.54, 1.807) is 6.07 Å². The molecule has 0 saturated heterocycles. The molecule has 1 aromatic heterocycles. The summed E-state index contributed by atoms with van der Waals surface area (Å²) in [6, 6.07) is 9.82. The van der Waals surface area contributed by atoms with Gasteiger partial charge in [0.15, 0.2) is 0 Å². The molecular weight excluding hydrogens is 361 g/mol. The van der Waals surface area contributed by atoms with Crippen LogP contribution in [0.4, 0.5) is 5.69 Å². The molecule has 0 bridgehead atoms. The number of carboxylic acid groups (broad SMARTS) is 1. The molecule has 0 aliphatic carbocycles. The van der Waals surface area contributed by atoms with E-state index in [0.717, 1.165) is 16.1 Å². The molecule has 2 N–H and O–H groups in total. The lowest BCUT2D eigenvalue weighted by atomic mass is 10.2. The highest BCUT2D eigenvalue weighted by Crippen LogP contribution is 2.23. The molecule has 0 amide bonds. The second-order valence-corrected chi connectivity index (χ2v) is 6.36. The molecule has 1 heterocycles. The summed E-state index contributed by atoms with van der Waals surface area (Å²) in [5.41, 5.74) is 2.08. The van der Waals surface area contributed by atoms with Crippen molar-refractivity contribution in [2.45, 2.75) is 13.5 Å². The quantitative estimate of drug-likeness (QED) is 0.798. The summed E-state index contributed by atoms with van der Waals surface area (Å²) >= 11 is 3.58. The summed E-state index contributed by atoms with van der Waals surface area (Å²) < 4.78 is 1.17. The van der Waals surface area contributed by atoms with Crippen LogP contribution in [-0.4, -0.2) is 11.1 Å². The first kappa shape index (κ1) is 13.4. The average molecular weight is 373 g/mol. The van der Waals surface area contributed by atoms with E-state index in [0.29, 0.717) is 11.4 Å². The Bertz CT molecular complexity index is 580. The number of anilines is 1. The molecule has 0 radical (unpaired) electrons. The topological polar surface area (TPSA) is 49.3 Å². The van der Waals surface area contributed by atoms with Crippen LogP contribution in [0.2, 0.25) is 0 Å². The minimum atomic E-state index is -0.858. The van der Waals surface area contributed by atoms with Crippen LogP contribution in [0.1, 0.15) is 20.1 Å². The molecule has 0 spiro atoms. The number of aromatic carboxylic acids is 1. The molecule has 2 aromatic rings. The fourth-order valence-corrected chi connectivity index (χ4v) is 3.02. The van der Waals surface area contributed by atoms with E-state index in [9.17, 15) is 4.79 Å². The maximum absolute atomic E-state index is 10.9. The van der Waals surface area contributed by atoms with Gasteiger partial charge in [-0.2, -0.15) is 0 Å². The Kier molecular flexibility index (Phi) is 4.23. The Balaban J connectivity index is 2.08. The van der Waals surface area contributed by atoms with Crippen molar-refractivity contribution in [1.82, 2.24) is 0 Å². The van der Waals surface area contributed by atoms with Crippen LogP contribution >= 0.6 is 33.9 Å². The highest BCUT2D eigenvalue weighted by molar-refractivity contribution is 14.1. The Hall–Kier alpha value is -1.08. The van der Waals surface area contributed by atoms with Crippen molar-refractivity contribution in [3.8, 4) is 0 Å². The van der Waals surface area contributed by atoms with Gasteiger partial charge in [-0.25, -0.2) is 4.79 Å². The van der Waals surface area contributed by atoms with E-state index in [2.05, 4.69) is 34.0 Å². The van der Waals surface area contributed by atoms with E-state index in [-0.39, 0.29) is 0 Å². The highest BCUT2D eigenvalue weighted by Gasteiger charge is 2.10. The molecule has 0 saturated carbocycles. The number of rotatable bonds is 4. The van der Waals surface area contributed by atoms with Crippen LogP contribution in [0, 0.1) is 10.5 Å². The number of nitrogens with one attached hydrogen (secondary N) is 1. The summed E-state index contributed by atoms with van der Waals surface area (Å²) in [6.07, 6.45) is 0. The van der Waals surface area contributed by atoms with Gasteiger partial charge in [0.2, 0.25) is 0 Å². The van der Waals surface area contributed by atoms with Gasteiger partial charge in [0.25, 0.3) is 0 Å². The zero-order valence-corrected chi connectivity index (χ0v) is 12.7. The van der Waals surface area contributed by atoms with Crippen LogP contribution in [0.15, 0.2) is 30.3 Å². The molecule has 0 atom stereocenters. The maximum atomic E-state index is 10.9. The number of hydrogen-bond donors (Lipinski definition) is 2. The molecule has 5 heteroatoms. The Morgan fingerprint density at radius 1 is 1.44 bits per heavy atom. The largest absolute Gasteiger partial charge is 0.477 e. The van der Waals surface area contributed by atoms with Gasteiger partial charge in [0.1, 0.15) is 4.88 Å². The molecule has 18 heavy (non-hydrogen) atoms. The minimum absolute atomic E-state index is 0.395. The van der Waals surface area contributed by atoms with Gasteiger partial charge < -0.3 is 10.4 Å². The molecule has 0 aliphatic heterocycles. The van der Waals surface area contributed by atoms with E-state index in [1.807, 2.05) is 25.1 Å². The highest BCUT2D eigenvalue weighted by atomic mass is 127. The van der Waals surface area contributed by atoms with Crippen LogP contribution in [-0.2, 0) is 6.54 Å². The van der Waals surface area contributed by atoms with E-state index in [4.69, 9.17) is 5.11 Å². The normalized spacial score (nSPS) is 10.3. The summed E-state index contributed by atoms with van der Waals surface area (Å²) in [7, 11) is 0. The van der Waals surface area contributed by atoms with E-state index >= 15 is 0 Å². The first-order valence-corrected chi connectivity index (χ1v) is 7.28. The lowest BCUT2D eigenvalue weighted by Crippen LogP contribution is -1.99. The molecule has 94 valence electrons. The first-order chi connectivity index (χ1) is 8.56. The van der Waals surface area contributed by atoms with Crippen LogP contribution < -0.4 is 5.32 Å². The van der Waals surface area contributed by atoms with Crippen molar-refractivity contribution < 1.29 is 9.90 Å². The first-order valence-electron chi connectivity index (χ1n) is 5.38. The number of halogens is 1. The van der Waals surface area contributed by atoms with Crippen molar-refractivity contribution in [3.05, 3.63) is 49.2 Å². The Labute approximate surface area is 123 Å². The fraction of sp³-hybridized carbons (Fsp3) is 0.154. The van der Waals surface area contributed by atoms with Crippen LogP contribution in [0.25, 0.3) is 0 Å². The van der Waals surface area contributed by atoms with Gasteiger partial charge in [-0.1, -0.05) is 6.07 Å². The smallest absolute Gasteiger partial charge is 0.345 e. The molecular formula is C13H12INO2S. The van der Waals surface area contributed by atoms with Gasteiger partial charge in [0, 0.05) is 20.7 Å². The van der Waals surface area contributed by atoms with Crippen molar-refractivity contribution in [2.75, 3.05) is 5.32 Å². The summed E-state index contributed by atoms with van der Waals surface area (Å²) in [5, 5.41) is 12.2. The van der Waals surface area contributed by atoms with Crippen LogP contribution in [0.5, 0.6) is 0 Å². The zero-order valence-electron chi connectivity index (χ0n) is 9.74. The third-order valence-electron chi connectivity index (χ3n) is 2.54. The Morgan fingerprint density at radius 2 is 2.22 bits per heavy atom. The number of carboxylic acids is 1. The van der Waals surface area contributed by atoms with Crippen molar-refractivity contribution >= 4 is 45.6 Å². The predicted molar refractivity (Wildman–Crippen MR) is 82.5 cm³/mol. The maximum Gasteiger partial charge on any atom is 0.345 e. The fourth-order valence-electron chi connectivity index (χ4n) is 1.60. The lowest BCUT2D eigenvalue weighted by molar-refractivity contribution is 0.0702. The van der Waals surface area contributed by atoms with Crippen molar-refractivity contribution in [2.24, 2.45) is 0 Å². The number of thiophene rings is 1. The second kappa shape index (κ2) is 5.71. The predicted octanol–water partition coefficient (Wildman–Crippen LogP) is 3.97. The molecule has 0 unspecified atom stereocenters. The van der Waals surface area contributed by atoms with E-state index < -0.39 is 5.97 Å². The Morgan fingerprint density at radius 3 is 2.83 bits per heavy atom. The number of carbonyl (C=O) groups is 1. The summed E-state index contributed by atoms with van der Waals surface area (Å²) in [6.45, 7) is 2.60. The number of benzene rings is 1. The molecule has 2 rings (SSSR count). The second-order valence-electron chi connectivity index (χ2n) is 3.86. The summed E-state index contributed by atoms with van der Waals surface area (Å²) in [4.78, 5) is 12.3. The van der Waals surface area contributed by atoms with Gasteiger partial charge in [0.05, 0.1) is 0 Å². The third-order valence-corrected chi connectivity index (χ3v) is 4.29. The molecule has 1 aromatic carbocycles. The molecule has 0 aliphatic rings. The monoisotopic (exact) mass is 373 g/mol. The van der Waals surface area contributed by atoms with E-state index in [1.165, 1.54) is 14.9 Å². The minimum Gasteiger partial charge on any atom is -0.477 e. The van der Waals surface area contributed by atoms with Gasteiger partial charge in [-0.3, -0.25) is 0 Å². The zero-order chi connectivity index (χ0) is 13.1. The van der Waals surface area contributed by atoms with Gasteiger partial charge in [-0.05, 0) is 59.3 Å². The third kappa shape index (κ3) is 3.23. The average Bonchev–Trinajstić information content (AvgIpc) is 2.68. The number of aryl methyl sites for hydroxylation is 1. The van der Waals surface area contributed by atoms with Gasteiger partial charge in [-0.15, -0.1) is 11.3 Å². The lowest BCUT2D eigenvalue weighted by Gasteiger charge is -2.06. The van der Waals surface area contributed by atoms with Crippen LogP contribution in [0.3, 0.4) is 0 Å². The van der Waals surface area contributed by atoms with Crippen molar-refractivity contribution in [1.29, 1.82) is 0 Å².